The predicted molar refractivity (Wildman–Crippen MR) is 67.4 cm³/mol. The predicted octanol–water partition coefficient (Wildman–Crippen LogP) is 0.132. The largest absolute Gasteiger partial charge is 0.473 e. The summed E-state index contributed by atoms with van der Waals surface area (Å²) in [6.45, 7) is 1.89. The fourth-order valence-corrected chi connectivity index (χ4v) is 1.72. The van der Waals surface area contributed by atoms with Crippen LogP contribution in [0, 0.1) is 11.8 Å². The van der Waals surface area contributed by atoms with Crippen molar-refractivity contribution in [1.82, 2.24) is 15.3 Å². The van der Waals surface area contributed by atoms with Crippen LogP contribution in [0.15, 0.2) is 12.4 Å². The van der Waals surface area contributed by atoms with Crippen molar-refractivity contribution in [2.24, 2.45) is 0 Å². The molecule has 19 heavy (non-hydrogen) atoms. The molecule has 1 aromatic rings. The number of nitrogens with one attached hydrogen (secondary N) is 1. The first-order valence-corrected chi connectivity index (χ1v) is 6.07. The Morgan fingerprint density at radius 2 is 2.21 bits per heavy atom. The minimum Gasteiger partial charge on any atom is -0.473 e. The molecule has 0 bridgehead atoms. The molecule has 2 heterocycles. The quantitative estimate of drug-likeness (QED) is 0.602. The molecule has 100 valence electrons. The lowest BCUT2D eigenvalue weighted by molar-refractivity contribution is -0.133. The van der Waals surface area contributed by atoms with Gasteiger partial charge in [0.15, 0.2) is 0 Å². The van der Waals surface area contributed by atoms with Crippen LogP contribution in [0.2, 0.25) is 0 Å². The standard InChI is InChI=1S/C13H15N3O3/c1-18-13(17)3-2-10-8-15-9-12(16-10)19-11-4-6-14-7-5-11/h8-9,11,14H,4-7H2,1H3. The fourth-order valence-electron chi connectivity index (χ4n) is 1.72. The third-order valence-corrected chi connectivity index (χ3v) is 2.66. The molecule has 0 amide bonds. The van der Waals surface area contributed by atoms with E-state index in [1.807, 2.05) is 0 Å². The first-order valence-electron chi connectivity index (χ1n) is 6.07. The molecule has 0 unspecified atom stereocenters. The minimum absolute atomic E-state index is 0.152. The Bertz CT molecular complexity index is 501. The summed E-state index contributed by atoms with van der Waals surface area (Å²) >= 11 is 0. The summed E-state index contributed by atoms with van der Waals surface area (Å²) in [5, 5.41) is 3.26. The van der Waals surface area contributed by atoms with E-state index in [1.165, 1.54) is 13.3 Å². The van der Waals surface area contributed by atoms with Crippen molar-refractivity contribution >= 4 is 5.97 Å². The Morgan fingerprint density at radius 3 is 2.95 bits per heavy atom. The molecule has 0 radical (unpaired) electrons. The lowest BCUT2D eigenvalue weighted by Gasteiger charge is -2.22. The second-order valence-corrected chi connectivity index (χ2v) is 4.05. The van der Waals surface area contributed by atoms with Crippen molar-refractivity contribution < 1.29 is 14.3 Å². The van der Waals surface area contributed by atoms with Gasteiger partial charge in [0.2, 0.25) is 5.88 Å². The summed E-state index contributed by atoms with van der Waals surface area (Å²) in [5.41, 5.74) is 0.386. The number of rotatable bonds is 2. The zero-order valence-electron chi connectivity index (χ0n) is 10.7. The highest BCUT2D eigenvalue weighted by Crippen LogP contribution is 2.13. The normalized spacial score (nSPS) is 15.2. The van der Waals surface area contributed by atoms with Gasteiger partial charge >= 0.3 is 5.97 Å². The Balaban J connectivity index is 2.01. The number of methoxy groups -OCH3 is 1. The topological polar surface area (TPSA) is 73.3 Å². The van der Waals surface area contributed by atoms with Gasteiger partial charge in [-0.3, -0.25) is 4.98 Å². The molecule has 0 aromatic carbocycles. The summed E-state index contributed by atoms with van der Waals surface area (Å²) in [7, 11) is 1.28. The van der Waals surface area contributed by atoms with E-state index in [-0.39, 0.29) is 6.10 Å². The third kappa shape index (κ3) is 4.23. The van der Waals surface area contributed by atoms with Crippen molar-refractivity contribution in [2.45, 2.75) is 18.9 Å². The third-order valence-electron chi connectivity index (χ3n) is 2.66. The van der Waals surface area contributed by atoms with Gasteiger partial charge in [-0.15, -0.1) is 0 Å². The number of ether oxygens (including phenoxy) is 2. The van der Waals surface area contributed by atoms with Crippen LogP contribution < -0.4 is 10.1 Å². The maximum absolute atomic E-state index is 10.9. The number of hydrogen-bond acceptors (Lipinski definition) is 6. The Morgan fingerprint density at radius 1 is 1.42 bits per heavy atom. The maximum Gasteiger partial charge on any atom is 0.384 e. The van der Waals surface area contributed by atoms with E-state index in [0.717, 1.165) is 25.9 Å². The number of esters is 1. The van der Waals surface area contributed by atoms with Gasteiger partial charge in [0.05, 0.1) is 19.5 Å². The van der Waals surface area contributed by atoms with E-state index in [0.29, 0.717) is 11.6 Å². The van der Waals surface area contributed by atoms with Gasteiger partial charge in [0.1, 0.15) is 11.8 Å². The summed E-state index contributed by atoms with van der Waals surface area (Å²) in [6.07, 6.45) is 5.06. The molecule has 1 aromatic heterocycles. The molecule has 1 fully saturated rings. The Kier molecular flexibility index (Phi) is 4.70. The van der Waals surface area contributed by atoms with Gasteiger partial charge in [-0.2, -0.15) is 0 Å². The van der Waals surface area contributed by atoms with Crippen LogP contribution in [0.5, 0.6) is 5.88 Å². The second-order valence-electron chi connectivity index (χ2n) is 4.05. The van der Waals surface area contributed by atoms with Crippen LogP contribution in [0.3, 0.4) is 0 Å². The minimum atomic E-state index is -0.605. The van der Waals surface area contributed by atoms with Crippen LogP contribution >= 0.6 is 0 Å². The lowest BCUT2D eigenvalue weighted by atomic mass is 10.1. The van der Waals surface area contributed by atoms with Crippen LogP contribution in [0.25, 0.3) is 0 Å². The van der Waals surface area contributed by atoms with E-state index < -0.39 is 5.97 Å². The highest BCUT2D eigenvalue weighted by Gasteiger charge is 2.15. The molecule has 6 heteroatoms. The fraction of sp³-hybridized carbons (Fsp3) is 0.462. The van der Waals surface area contributed by atoms with Crippen LogP contribution in [0.4, 0.5) is 0 Å². The van der Waals surface area contributed by atoms with Gasteiger partial charge in [-0.25, -0.2) is 9.78 Å². The van der Waals surface area contributed by atoms with Crippen molar-refractivity contribution in [3.05, 3.63) is 18.1 Å². The van der Waals surface area contributed by atoms with Crippen molar-refractivity contribution in [3.63, 3.8) is 0 Å². The number of nitrogens with zero attached hydrogens (tertiary/aromatic N) is 2. The molecule has 1 N–H and O–H groups in total. The highest BCUT2D eigenvalue weighted by molar-refractivity contribution is 5.88. The SMILES string of the molecule is COC(=O)C#Cc1cncc(OC2CCNCC2)n1. The average molecular weight is 261 g/mol. The molecule has 0 atom stereocenters. The zero-order valence-corrected chi connectivity index (χ0v) is 10.7. The first kappa shape index (κ1) is 13.3. The number of piperidine rings is 1. The molecule has 2 rings (SSSR count). The van der Waals surface area contributed by atoms with E-state index in [2.05, 4.69) is 31.9 Å². The smallest absolute Gasteiger partial charge is 0.384 e. The average Bonchev–Trinajstić information content (AvgIpc) is 2.46. The second kappa shape index (κ2) is 6.71. The summed E-state index contributed by atoms with van der Waals surface area (Å²) in [6, 6.07) is 0. The molecular weight excluding hydrogens is 246 g/mol. The van der Waals surface area contributed by atoms with Crippen LogP contribution in [-0.4, -0.2) is 42.2 Å². The zero-order chi connectivity index (χ0) is 13.5. The molecular formula is C13H15N3O3. The van der Waals surface area contributed by atoms with E-state index in [4.69, 9.17) is 4.74 Å². The van der Waals surface area contributed by atoms with Crippen molar-refractivity contribution in [2.75, 3.05) is 20.2 Å². The number of carbonyl (C=O) groups is 1. The van der Waals surface area contributed by atoms with Gasteiger partial charge < -0.3 is 14.8 Å². The Hall–Kier alpha value is -2.13. The number of hydrogen-bond donors (Lipinski definition) is 1. The molecule has 0 aliphatic carbocycles. The number of carbonyl (C=O) groups excluding carboxylic acids is 1. The Labute approximate surface area is 111 Å². The van der Waals surface area contributed by atoms with Crippen molar-refractivity contribution in [3.8, 4) is 17.7 Å². The van der Waals surface area contributed by atoms with Crippen LogP contribution in [0.1, 0.15) is 18.5 Å². The van der Waals surface area contributed by atoms with Crippen molar-refractivity contribution in [1.29, 1.82) is 0 Å². The first-order chi connectivity index (χ1) is 9.28. The van der Waals surface area contributed by atoms with E-state index >= 15 is 0 Å². The monoisotopic (exact) mass is 261 g/mol. The number of aromatic nitrogens is 2. The molecule has 1 aliphatic heterocycles. The van der Waals surface area contributed by atoms with Gasteiger partial charge in [0.25, 0.3) is 0 Å². The molecule has 6 nitrogen and oxygen atoms in total. The summed E-state index contributed by atoms with van der Waals surface area (Å²) < 4.78 is 10.2. The van der Waals surface area contributed by atoms with Crippen LogP contribution in [-0.2, 0) is 9.53 Å². The molecule has 1 saturated heterocycles. The highest BCUT2D eigenvalue weighted by atomic mass is 16.5. The maximum atomic E-state index is 10.9. The molecule has 0 spiro atoms. The van der Waals surface area contributed by atoms with E-state index in [1.54, 1.807) is 6.20 Å². The van der Waals surface area contributed by atoms with E-state index in [9.17, 15) is 4.79 Å². The summed E-state index contributed by atoms with van der Waals surface area (Å²) in [5.74, 6) is 4.71. The molecule has 0 saturated carbocycles. The van der Waals surface area contributed by atoms with Gasteiger partial charge in [0, 0.05) is 5.92 Å². The summed E-state index contributed by atoms with van der Waals surface area (Å²) in [4.78, 5) is 19.1. The van der Waals surface area contributed by atoms with Gasteiger partial charge in [-0.1, -0.05) is 0 Å². The molecule has 1 aliphatic rings. The lowest BCUT2D eigenvalue weighted by Crippen LogP contribution is -2.34. The van der Waals surface area contributed by atoms with Gasteiger partial charge in [-0.05, 0) is 31.9 Å².